The Hall–Kier alpha value is -0.120. The predicted octanol–water partition coefficient (Wildman–Crippen LogP) is 1.26. The van der Waals surface area contributed by atoms with Crippen LogP contribution in [0.5, 0.6) is 0 Å². The molecular formula is C13H29N3. The molecule has 16 heavy (non-hydrogen) atoms. The summed E-state index contributed by atoms with van der Waals surface area (Å²) in [6, 6.07) is 1.44. The largest absolute Gasteiger partial charge is 0.314 e. The van der Waals surface area contributed by atoms with Crippen molar-refractivity contribution in [2.45, 2.75) is 38.8 Å². The number of likely N-dealkylation sites (tertiary alicyclic amines) is 1. The number of nitrogens with zero attached hydrogens (tertiary/aromatic N) is 2. The fraction of sp³-hybridized carbons (Fsp3) is 1.00. The van der Waals surface area contributed by atoms with Crippen LogP contribution in [0.2, 0.25) is 0 Å². The zero-order valence-electron chi connectivity index (χ0n) is 11.7. The molecule has 1 aliphatic rings. The van der Waals surface area contributed by atoms with E-state index in [1.54, 1.807) is 0 Å². The molecule has 0 unspecified atom stereocenters. The third-order valence-electron chi connectivity index (χ3n) is 3.80. The topological polar surface area (TPSA) is 18.5 Å². The third-order valence-corrected chi connectivity index (χ3v) is 3.80. The van der Waals surface area contributed by atoms with Crippen LogP contribution in [-0.4, -0.2) is 62.7 Å². The first kappa shape index (κ1) is 13.9. The second-order valence-corrected chi connectivity index (χ2v) is 5.72. The van der Waals surface area contributed by atoms with E-state index in [0.717, 1.165) is 18.5 Å². The Balaban J connectivity index is 2.20. The summed E-state index contributed by atoms with van der Waals surface area (Å²) in [4.78, 5) is 4.73. The van der Waals surface area contributed by atoms with Gasteiger partial charge in [0.1, 0.15) is 0 Å². The van der Waals surface area contributed by atoms with Crippen molar-refractivity contribution in [3.05, 3.63) is 0 Å². The molecular weight excluding hydrogens is 198 g/mol. The molecule has 1 saturated heterocycles. The lowest BCUT2D eigenvalue weighted by Gasteiger charge is -2.40. The predicted molar refractivity (Wildman–Crippen MR) is 70.8 cm³/mol. The van der Waals surface area contributed by atoms with Crippen LogP contribution in [0.4, 0.5) is 0 Å². The van der Waals surface area contributed by atoms with Gasteiger partial charge in [-0.1, -0.05) is 6.92 Å². The molecule has 3 atom stereocenters. The average Bonchev–Trinajstić information content (AvgIpc) is 2.19. The monoisotopic (exact) mass is 227 g/mol. The van der Waals surface area contributed by atoms with Gasteiger partial charge in [0, 0.05) is 18.6 Å². The minimum Gasteiger partial charge on any atom is -0.314 e. The molecule has 1 rings (SSSR count). The van der Waals surface area contributed by atoms with Gasteiger partial charge >= 0.3 is 0 Å². The summed E-state index contributed by atoms with van der Waals surface area (Å²) in [5, 5.41) is 3.72. The molecule has 96 valence electrons. The Morgan fingerprint density at radius 1 is 1.31 bits per heavy atom. The molecule has 0 aromatic rings. The molecule has 0 amide bonds. The summed E-state index contributed by atoms with van der Waals surface area (Å²) >= 11 is 0. The van der Waals surface area contributed by atoms with Crippen molar-refractivity contribution in [3.63, 3.8) is 0 Å². The van der Waals surface area contributed by atoms with Gasteiger partial charge in [0.2, 0.25) is 0 Å². The molecule has 1 N–H and O–H groups in total. The fourth-order valence-electron chi connectivity index (χ4n) is 2.51. The van der Waals surface area contributed by atoms with E-state index in [4.69, 9.17) is 0 Å². The molecule has 1 aliphatic heterocycles. The highest BCUT2D eigenvalue weighted by atomic mass is 15.2. The maximum absolute atomic E-state index is 3.72. The van der Waals surface area contributed by atoms with Crippen LogP contribution in [0.25, 0.3) is 0 Å². The van der Waals surface area contributed by atoms with Gasteiger partial charge in [-0.25, -0.2) is 0 Å². The number of hydrogen-bond donors (Lipinski definition) is 1. The third kappa shape index (κ3) is 4.40. The molecule has 1 heterocycles. The van der Waals surface area contributed by atoms with Crippen molar-refractivity contribution in [1.29, 1.82) is 0 Å². The Bertz CT molecular complexity index is 194. The van der Waals surface area contributed by atoms with E-state index >= 15 is 0 Å². The standard InChI is InChI=1S/C13H29N3/c1-11-10-16(5)12(2)9-13(11)14-7-6-8-15(3)4/h11-14H,6-10H2,1-5H3/t11-,12+,13-/m0/s1. The normalized spacial score (nSPS) is 32.2. The smallest absolute Gasteiger partial charge is 0.0120 e. The van der Waals surface area contributed by atoms with E-state index in [1.165, 1.54) is 25.9 Å². The van der Waals surface area contributed by atoms with E-state index in [2.05, 4.69) is 50.1 Å². The van der Waals surface area contributed by atoms with E-state index < -0.39 is 0 Å². The van der Waals surface area contributed by atoms with Gasteiger partial charge in [0.25, 0.3) is 0 Å². The summed E-state index contributed by atoms with van der Waals surface area (Å²) < 4.78 is 0. The second-order valence-electron chi connectivity index (χ2n) is 5.72. The zero-order valence-corrected chi connectivity index (χ0v) is 11.7. The lowest BCUT2D eigenvalue weighted by molar-refractivity contribution is 0.121. The van der Waals surface area contributed by atoms with Crippen molar-refractivity contribution in [2.24, 2.45) is 5.92 Å². The lowest BCUT2D eigenvalue weighted by atomic mass is 9.90. The second kappa shape index (κ2) is 6.58. The van der Waals surface area contributed by atoms with Crippen molar-refractivity contribution in [3.8, 4) is 0 Å². The molecule has 1 fully saturated rings. The van der Waals surface area contributed by atoms with Crippen LogP contribution in [-0.2, 0) is 0 Å². The minimum absolute atomic E-state index is 0.716. The van der Waals surface area contributed by atoms with E-state index in [-0.39, 0.29) is 0 Å². The zero-order chi connectivity index (χ0) is 12.1. The summed E-state index contributed by atoms with van der Waals surface area (Å²) in [7, 11) is 6.52. The molecule has 0 aliphatic carbocycles. The number of piperidine rings is 1. The molecule has 3 heteroatoms. The van der Waals surface area contributed by atoms with Crippen molar-refractivity contribution >= 4 is 0 Å². The van der Waals surface area contributed by atoms with Crippen LogP contribution < -0.4 is 5.32 Å². The molecule has 0 aromatic heterocycles. The molecule has 0 bridgehead atoms. The van der Waals surface area contributed by atoms with Gasteiger partial charge in [0.15, 0.2) is 0 Å². The van der Waals surface area contributed by atoms with Crippen LogP contribution in [0.3, 0.4) is 0 Å². The van der Waals surface area contributed by atoms with Gasteiger partial charge in [-0.2, -0.15) is 0 Å². The highest BCUT2D eigenvalue weighted by molar-refractivity contribution is 4.85. The molecule has 0 spiro atoms. The first-order valence-electron chi connectivity index (χ1n) is 6.59. The van der Waals surface area contributed by atoms with Gasteiger partial charge < -0.3 is 15.1 Å². The Morgan fingerprint density at radius 2 is 2.00 bits per heavy atom. The fourth-order valence-corrected chi connectivity index (χ4v) is 2.51. The molecule has 0 radical (unpaired) electrons. The first-order valence-corrected chi connectivity index (χ1v) is 6.59. The molecule has 0 saturated carbocycles. The Kier molecular flexibility index (Phi) is 5.73. The molecule has 3 nitrogen and oxygen atoms in total. The molecule has 0 aromatic carbocycles. The average molecular weight is 227 g/mol. The van der Waals surface area contributed by atoms with Gasteiger partial charge in [0.05, 0.1) is 0 Å². The maximum Gasteiger partial charge on any atom is 0.0120 e. The van der Waals surface area contributed by atoms with Crippen molar-refractivity contribution in [2.75, 3.05) is 40.8 Å². The summed E-state index contributed by atoms with van der Waals surface area (Å²) in [6.07, 6.45) is 2.54. The van der Waals surface area contributed by atoms with Gasteiger partial charge in [-0.05, 0) is 59.9 Å². The number of rotatable bonds is 5. The maximum atomic E-state index is 3.72. The lowest BCUT2D eigenvalue weighted by Crippen LogP contribution is -2.51. The Morgan fingerprint density at radius 3 is 2.62 bits per heavy atom. The number of hydrogen-bond acceptors (Lipinski definition) is 3. The van der Waals surface area contributed by atoms with Crippen LogP contribution >= 0.6 is 0 Å². The van der Waals surface area contributed by atoms with Crippen molar-refractivity contribution in [1.82, 2.24) is 15.1 Å². The number of nitrogens with one attached hydrogen (secondary N) is 1. The summed E-state index contributed by atoms with van der Waals surface area (Å²) in [6.45, 7) is 8.27. The quantitative estimate of drug-likeness (QED) is 0.713. The van der Waals surface area contributed by atoms with E-state index in [0.29, 0.717) is 6.04 Å². The summed E-state index contributed by atoms with van der Waals surface area (Å²) in [5.41, 5.74) is 0. The van der Waals surface area contributed by atoms with Crippen LogP contribution in [0, 0.1) is 5.92 Å². The van der Waals surface area contributed by atoms with Gasteiger partial charge in [-0.3, -0.25) is 0 Å². The highest BCUT2D eigenvalue weighted by Gasteiger charge is 2.27. The highest BCUT2D eigenvalue weighted by Crippen LogP contribution is 2.20. The van der Waals surface area contributed by atoms with Gasteiger partial charge in [-0.15, -0.1) is 0 Å². The van der Waals surface area contributed by atoms with Crippen LogP contribution in [0.15, 0.2) is 0 Å². The van der Waals surface area contributed by atoms with Crippen LogP contribution in [0.1, 0.15) is 26.7 Å². The SMILES string of the molecule is C[C@@H]1C[C@H](NCCCN(C)C)[C@@H](C)CN1C. The first-order chi connectivity index (χ1) is 7.50. The minimum atomic E-state index is 0.716. The summed E-state index contributed by atoms with van der Waals surface area (Å²) in [5.74, 6) is 0.778. The van der Waals surface area contributed by atoms with E-state index in [9.17, 15) is 0 Å². The van der Waals surface area contributed by atoms with E-state index in [1.807, 2.05) is 0 Å². The van der Waals surface area contributed by atoms with Crippen molar-refractivity contribution < 1.29 is 0 Å². The Labute approximate surface area is 101 Å².